The van der Waals surface area contributed by atoms with Crippen molar-refractivity contribution in [2.75, 3.05) is 11.4 Å². The third kappa shape index (κ3) is 2.97. The molecule has 0 saturated heterocycles. The van der Waals surface area contributed by atoms with E-state index in [1.54, 1.807) is 24.3 Å². The van der Waals surface area contributed by atoms with Gasteiger partial charge in [0.15, 0.2) is 0 Å². The average molecular weight is 369 g/mol. The van der Waals surface area contributed by atoms with Gasteiger partial charge in [-0.3, -0.25) is 4.79 Å². The van der Waals surface area contributed by atoms with Crippen LogP contribution in [-0.4, -0.2) is 18.6 Å². The summed E-state index contributed by atoms with van der Waals surface area (Å²) in [6.45, 7) is 0.0694. The Labute approximate surface area is 135 Å². The van der Waals surface area contributed by atoms with E-state index in [4.69, 9.17) is 11.6 Å². The van der Waals surface area contributed by atoms with Crippen LogP contribution in [0.4, 0.5) is 10.1 Å². The van der Waals surface area contributed by atoms with Crippen LogP contribution in [0.1, 0.15) is 15.9 Å². The van der Waals surface area contributed by atoms with E-state index in [2.05, 4.69) is 15.9 Å². The summed E-state index contributed by atoms with van der Waals surface area (Å²) in [5, 5.41) is 0.491. The maximum absolute atomic E-state index is 14.0. The third-order valence-corrected chi connectivity index (χ3v) is 4.20. The van der Waals surface area contributed by atoms with E-state index < -0.39 is 6.17 Å². The molecular formula is C16H12BrClFNO. The van der Waals surface area contributed by atoms with Gasteiger partial charge in [-0.2, -0.15) is 0 Å². The summed E-state index contributed by atoms with van der Waals surface area (Å²) in [6.07, 6.45) is -0.733. The first-order valence-corrected chi connectivity index (χ1v) is 7.71. The number of carbonyl (C=O) groups is 1. The van der Waals surface area contributed by atoms with Gasteiger partial charge in [0.05, 0.1) is 6.54 Å². The molecular weight excluding hydrogens is 357 g/mol. The largest absolute Gasteiger partial charge is 0.305 e. The van der Waals surface area contributed by atoms with E-state index in [-0.39, 0.29) is 12.5 Å². The molecule has 2 nitrogen and oxygen atoms in total. The molecule has 1 unspecified atom stereocenters. The van der Waals surface area contributed by atoms with Gasteiger partial charge in [0, 0.05) is 27.2 Å². The first-order chi connectivity index (χ1) is 10.0. The molecule has 0 aliphatic carbocycles. The van der Waals surface area contributed by atoms with Gasteiger partial charge in [-0.05, 0) is 42.0 Å². The van der Waals surface area contributed by atoms with E-state index >= 15 is 0 Å². The zero-order valence-electron chi connectivity index (χ0n) is 11.0. The molecule has 0 fully saturated rings. The summed E-state index contributed by atoms with van der Waals surface area (Å²) in [6, 6.07) is 12.3. The number of alkyl halides is 1. The van der Waals surface area contributed by atoms with Gasteiger partial charge in [0.1, 0.15) is 6.17 Å². The second-order valence-corrected chi connectivity index (χ2v) is 6.35. The van der Waals surface area contributed by atoms with Gasteiger partial charge >= 0.3 is 0 Å². The molecule has 1 aliphatic heterocycles. The standard InChI is InChI=1S/C16H12BrClFNO/c17-12-4-5-15-11(6-12)8-14(19)9-20(15)16(21)10-2-1-3-13(18)7-10/h1-7,14H,8-9H2. The second kappa shape index (κ2) is 5.78. The smallest absolute Gasteiger partial charge is 0.258 e. The number of anilines is 1. The molecule has 2 aromatic carbocycles. The van der Waals surface area contributed by atoms with Crippen LogP contribution in [0.3, 0.4) is 0 Å². The monoisotopic (exact) mass is 367 g/mol. The Balaban J connectivity index is 2.01. The number of benzene rings is 2. The predicted molar refractivity (Wildman–Crippen MR) is 85.9 cm³/mol. The molecule has 0 N–H and O–H groups in total. The quantitative estimate of drug-likeness (QED) is 0.718. The van der Waals surface area contributed by atoms with E-state index in [0.717, 1.165) is 15.7 Å². The molecule has 108 valence electrons. The SMILES string of the molecule is O=C(c1cccc(Cl)c1)N1CC(F)Cc2cc(Br)ccc21. The lowest BCUT2D eigenvalue weighted by molar-refractivity contribution is 0.0976. The minimum atomic E-state index is -1.06. The summed E-state index contributed by atoms with van der Waals surface area (Å²) in [5.74, 6) is -0.233. The van der Waals surface area contributed by atoms with E-state index in [0.29, 0.717) is 17.0 Å². The minimum Gasteiger partial charge on any atom is -0.305 e. The van der Waals surface area contributed by atoms with Crippen LogP contribution in [0.5, 0.6) is 0 Å². The number of fused-ring (bicyclic) bond motifs is 1. The van der Waals surface area contributed by atoms with Crippen molar-refractivity contribution in [1.82, 2.24) is 0 Å². The number of halogens is 3. The molecule has 1 amide bonds. The average Bonchev–Trinajstić information content (AvgIpc) is 2.45. The first kappa shape index (κ1) is 14.5. The Bertz CT molecular complexity index is 706. The Kier molecular flexibility index (Phi) is 4.00. The van der Waals surface area contributed by atoms with Crippen molar-refractivity contribution in [1.29, 1.82) is 0 Å². The molecule has 0 spiro atoms. The first-order valence-electron chi connectivity index (χ1n) is 6.54. The van der Waals surface area contributed by atoms with Crippen LogP contribution in [0.25, 0.3) is 0 Å². The van der Waals surface area contributed by atoms with Crippen LogP contribution in [-0.2, 0) is 6.42 Å². The molecule has 0 radical (unpaired) electrons. The van der Waals surface area contributed by atoms with Gasteiger partial charge in [-0.15, -0.1) is 0 Å². The van der Waals surface area contributed by atoms with Crippen molar-refractivity contribution in [3.8, 4) is 0 Å². The fourth-order valence-corrected chi connectivity index (χ4v) is 3.15. The van der Waals surface area contributed by atoms with Crippen LogP contribution < -0.4 is 4.90 Å². The van der Waals surface area contributed by atoms with Crippen LogP contribution in [0, 0.1) is 0 Å². The van der Waals surface area contributed by atoms with Gasteiger partial charge in [-0.1, -0.05) is 33.6 Å². The molecule has 0 bridgehead atoms. The van der Waals surface area contributed by atoms with Crippen LogP contribution >= 0.6 is 27.5 Å². The zero-order chi connectivity index (χ0) is 15.0. The summed E-state index contributed by atoms with van der Waals surface area (Å²) >= 11 is 9.30. The molecule has 2 aromatic rings. The van der Waals surface area contributed by atoms with Gasteiger partial charge in [-0.25, -0.2) is 4.39 Å². The lowest BCUT2D eigenvalue weighted by Gasteiger charge is -2.31. The van der Waals surface area contributed by atoms with Crippen LogP contribution in [0.2, 0.25) is 5.02 Å². The number of hydrogen-bond acceptors (Lipinski definition) is 1. The topological polar surface area (TPSA) is 20.3 Å². The lowest BCUT2D eigenvalue weighted by Crippen LogP contribution is -2.41. The van der Waals surface area contributed by atoms with Crippen molar-refractivity contribution < 1.29 is 9.18 Å². The molecule has 3 rings (SSSR count). The van der Waals surface area contributed by atoms with Gasteiger partial charge < -0.3 is 4.90 Å². The third-order valence-electron chi connectivity index (χ3n) is 3.47. The number of rotatable bonds is 1. The van der Waals surface area contributed by atoms with Crippen molar-refractivity contribution in [2.24, 2.45) is 0 Å². The predicted octanol–water partition coefficient (Wildman–Crippen LogP) is 4.64. The highest BCUT2D eigenvalue weighted by molar-refractivity contribution is 9.10. The van der Waals surface area contributed by atoms with Gasteiger partial charge in [0.25, 0.3) is 5.91 Å². The number of hydrogen-bond donors (Lipinski definition) is 0. The van der Waals surface area contributed by atoms with Crippen LogP contribution in [0.15, 0.2) is 46.9 Å². The number of carbonyl (C=O) groups excluding carboxylic acids is 1. The Morgan fingerprint density at radius 3 is 2.86 bits per heavy atom. The molecule has 21 heavy (non-hydrogen) atoms. The highest BCUT2D eigenvalue weighted by Gasteiger charge is 2.29. The molecule has 5 heteroatoms. The van der Waals surface area contributed by atoms with E-state index in [1.165, 1.54) is 4.90 Å². The number of nitrogens with zero attached hydrogens (tertiary/aromatic N) is 1. The van der Waals surface area contributed by atoms with E-state index in [9.17, 15) is 9.18 Å². The van der Waals surface area contributed by atoms with E-state index in [1.807, 2.05) is 18.2 Å². The van der Waals surface area contributed by atoms with Gasteiger partial charge in [0.2, 0.25) is 0 Å². The van der Waals surface area contributed by atoms with Crippen molar-refractivity contribution >= 4 is 39.1 Å². The fourth-order valence-electron chi connectivity index (χ4n) is 2.55. The zero-order valence-corrected chi connectivity index (χ0v) is 13.4. The molecule has 1 atom stereocenters. The molecule has 0 aromatic heterocycles. The fraction of sp³-hybridized carbons (Fsp3) is 0.188. The molecule has 0 saturated carbocycles. The normalized spacial score (nSPS) is 17.5. The second-order valence-electron chi connectivity index (χ2n) is 5.00. The lowest BCUT2D eigenvalue weighted by atomic mass is 9.99. The Hall–Kier alpha value is -1.39. The highest BCUT2D eigenvalue weighted by atomic mass is 79.9. The Morgan fingerprint density at radius 1 is 1.29 bits per heavy atom. The summed E-state index contributed by atoms with van der Waals surface area (Å²) in [7, 11) is 0. The minimum absolute atomic E-state index is 0.0694. The molecule has 1 aliphatic rings. The number of amides is 1. The maximum Gasteiger partial charge on any atom is 0.258 e. The summed E-state index contributed by atoms with van der Waals surface area (Å²) < 4.78 is 14.8. The van der Waals surface area contributed by atoms with Crippen molar-refractivity contribution in [2.45, 2.75) is 12.6 Å². The summed E-state index contributed by atoms with van der Waals surface area (Å²) in [5.41, 5.74) is 2.06. The Morgan fingerprint density at radius 2 is 2.10 bits per heavy atom. The molecule has 1 heterocycles. The highest BCUT2D eigenvalue weighted by Crippen LogP contribution is 2.32. The van der Waals surface area contributed by atoms with Crippen molar-refractivity contribution in [3.05, 3.63) is 63.1 Å². The van der Waals surface area contributed by atoms with Crippen molar-refractivity contribution in [3.63, 3.8) is 0 Å². The summed E-state index contributed by atoms with van der Waals surface area (Å²) in [4.78, 5) is 14.1. The maximum atomic E-state index is 14.0.